The van der Waals surface area contributed by atoms with E-state index in [1.165, 1.54) is 44.9 Å². The zero-order valence-electron chi connectivity index (χ0n) is 29.0. The molecule has 5 N–H and O–H groups in total. The Morgan fingerprint density at radius 3 is 2.02 bits per heavy atom. The van der Waals surface area contributed by atoms with Crippen molar-refractivity contribution in [1.82, 2.24) is 16.0 Å². The monoisotopic (exact) mass is 630 g/mol. The second kappa shape index (κ2) is 22.7. The molecule has 3 unspecified atom stereocenters. The van der Waals surface area contributed by atoms with Crippen molar-refractivity contribution < 1.29 is 4.79 Å². The van der Waals surface area contributed by atoms with Gasteiger partial charge in [0, 0.05) is 39.8 Å². The van der Waals surface area contributed by atoms with E-state index < -0.39 is 0 Å². The molecule has 0 heterocycles. The molecule has 2 saturated carbocycles. The van der Waals surface area contributed by atoms with Gasteiger partial charge in [0.05, 0.1) is 6.17 Å². The van der Waals surface area contributed by atoms with E-state index in [-0.39, 0.29) is 17.5 Å². The number of rotatable bonds is 15. The van der Waals surface area contributed by atoms with Gasteiger partial charge in [-0.05, 0) is 90.4 Å². The van der Waals surface area contributed by atoms with E-state index in [0.717, 1.165) is 60.3 Å². The number of amides is 1. The molecular weight excluding hydrogens is 563 g/mol. The minimum atomic E-state index is -0.141. The Hall–Kier alpha value is -0.750. The molecule has 248 valence electrons. The van der Waals surface area contributed by atoms with Crippen molar-refractivity contribution in [2.24, 2.45) is 28.9 Å². The standard InChI is InChI=1S/C24H45Cl2N3.C9H17NO.C2H6/c1-8-22(25)15-27-24(21-11-9-10-12-21)17(4)18(5)28-20(7)29-19(6)23(26)14-13-16(2)3;1-2-9(8(10)11)6-4-3-5-7-9;1-2/h8,16-18,20-21,24,27-29H,9-15H2,1-7H3;2-7H2,1H3,(H2,10,11);1-2H3/b22-8+,23-19-;;/t17?,18?,20-,24?;;/m0../s1. The summed E-state index contributed by atoms with van der Waals surface area (Å²) >= 11 is 12.8. The lowest BCUT2D eigenvalue weighted by molar-refractivity contribution is -0.129. The van der Waals surface area contributed by atoms with Crippen LogP contribution in [0.3, 0.4) is 0 Å². The molecule has 0 aromatic heterocycles. The van der Waals surface area contributed by atoms with E-state index in [9.17, 15) is 4.79 Å². The predicted molar refractivity (Wildman–Crippen MR) is 187 cm³/mol. The average molecular weight is 632 g/mol. The SMILES string of the molecule is C/C=C(/Cl)CNC(C1CCCC1)C(C)C(C)N[C@H](C)N/C(C)=C(\Cl)CCC(C)C.CC.CCC1(C(N)=O)CCCCC1. The van der Waals surface area contributed by atoms with E-state index in [1.807, 2.05) is 26.8 Å². The van der Waals surface area contributed by atoms with Crippen LogP contribution in [0.2, 0.25) is 0 Å². The Bertz CT molecular complexity index is 786. The molecule has 0 spiro atoms. The van der Waals surface area contributed by atoms with E-state index in [0.29, 0.717) is 23.9 Å². The van der Waals surface area contributed by atoms with Gasteiger partial charge in [0.15, 0.2) is 0 Å². The Labute approximate surface area is 271 Å². The summed E-state index contributed by atoms with van der Waals surface area (Å²) < 4.78 is 0. The van der Waals surface area contributed by atoms with Crippen molar-refractivity contribution in [2.45, 2.75) is 165 Å². The van der Waals surface area contributed by atoms with Gasteiger partial charge in [-0.2, -0.15) is 0 Å². The van der Waals surface area contributed by atoms with Gasteiger partial charge in [-0.25, -0.2) is 0 Å². The second-order valence-electron chi connectivity index (χ2n) is 12.9. The van der Waals surface area contributed by atoms with Crippen molar-refractivity contribution in [3.8, 4) is 0 Å². The van der Waals surface area contributed by atoms with Crippen LogP contribution >= 0.6 is 23.2 Å². The lowest BCUT2D eigenvalue weighted by Gasteiger charge is -2.36. The molecule has 2 rings (SSSR count). The average Bonchev–Trinajstić information content (AvgIpc) is 3.51. The summed E-state index contributed by atoms with van der Waals surface area (Å²) in [5.74, 6) is 1.83. The number of carbonyl (C=O) groups is 1. The highest BCUT2D eigenvalue weighted by Crippen LogP contribution is 2.38. The molecule has 0 aromatic carbocycles. The molecule has 4 atom stereocenters. The van der Waals surface area contributed by atoms with Gasteiger partial charge in [0.25, 0.3) is 0 Å². The van der Waals surface area contributed by atoms with Gasteiger partial charge in [-0.3, -0.25) is 10.1 Å². The van der Waals surface area contributed by atoms with E-state index >= 15 is 0 Å². The van der Waals surface area contributed by atoms with Crippen LogP contribution in [-0.4, -0.2) is 30.7 Å². The first-order chi connectivity index (χ1) is 19.9. The van der Waals surface area contributed by atoms with Crippen LogP contribution in [0, 0.1) is 23.2 Å². The maximum atomic E-state index is 11.1. The Kier molecular flexibility index (Phi) is 22.3. The molecule has 0 aromatic rings. The van der Waals surface area contributed by atoms with Gasteiger partial charge in [0.2, 0.25) is 5.91 Å². The van der Waals surface area contributed by atoms with E-state index in [4.69, 9.17) is 28.9 Å². The number of nitrogens with one attached hydrogen (secondary N) is 3. The smallest absolute Gasteiger partial charge is 0.223 e. The fraction of sp³-hybridized carbons (Fsp3) is 0.857. The first-order valence-electron chi connectivity index (χ1n) is 17.1. The molecular formula is C35H68Cl2N4O. The van der Waals surface area contributed by atoms with Crippen LogP contribution in [0.15, 0.2) is 21.8 Å². The summed E-state index contributed by atoms with van der Waals surface area (Å²) in [6.07, 6.45) is 16.1. The third-order valence-corrected chi connectivity index (χ3v) is 10.2. The van der Waals surface area contributed by atoms with Crippen molar-refractivity contribution in [1.29, 1.82) is 0 Å². The fourth-order valence-electron chi connectivity index (χ4n) is 6.32. The summed E-state index contributed by atoms with van der Waals surface area (Å²) in [5, 5.41) is 12.9. The number of carbonyl (C=O) groups excluding carboxylic acids is 1. The normalized spacial score (nSPS) is 20.7. The minimum absolute atomic E-state index is 0.0836. The van der Waals surface area contributed by atoms with Gasteiger partial charge < -0.3 is 16.4 Å². The third-order valence-electron chi connectivity index (χ3n) is 9.39. The molecule has 1 amide bonds. The third kappa shape index (κ3) is 15.3. The Morgan fingerprint density at radius 1 is 1.00 bits per heavy atom. The highest BCUT2D eigenvalue weighted by molar-refractivity contribution is 6.30. The lowest BCUT2D eigenvalue weighted by atomic mass is 9.72. The molecule has 7 heteroatoms. The summed E-state index contributed by atoms with van der Waals surface area (Å²) in [5.41, 5.74) is 6.31. The molecule has 2 aliphatic carbocycles. The molecule has 2 aliphatic rings. The summed E-state index contributed by atoms with van der Waals surface area (Å²) in [7, 11) is 0. The highest BCUT2D eigenvalue weighted by atomic mass is 35.5. The zero-order chi connectivity index (χ0) is 32.3. The lowest BCUT2D eigenvalue weighted by Crippen LogP contribution is -2.52. The van der Waals surface area contributed by atoms with E-state index in [1.54, 1.807) is 0 Å². The molecule has 0 radical (unpaired) electrons. The van der Waals surface area contributed by atoms with Crippen LogP contribution in [0.4, 0.5) is 0 Å². The maximum absolute atomic E-state index is 11.1. The fourth-order valence-corrected chi connectivity index (χ4v) is 6.56. The predicted octanol–water partition coefficient (Wildman–Crippen LogP) is 9.59. The topological polar surface area (TPSA) is 79.2 Å². The van der Waals surface area contributed by atoms with Crippen molar-refractivity contribution >= 4 is 29.1 Å². The highest BCUT2D eigenvalue weighted by Gasteiger charge is 2.35. The number of hydrogen-bond acceptors (Lipinski definition) is 4. The quantitative estimate of drug-likeness (QED) is 0.136. The van der Waals surface area contributed by atoms with Gasteiger partial charge in [-0.15, -0.1) is 0 Å². The van der Waals surface area contributed by atoms with Crippen LogP contribution < -0.4 is 21.7 Å². The van der Waals surface area contributed by atoms with Crippen molar-refractivity contribution in [3.63, 3.8) is 0 Å². The molecule has 5 nitrogen and oxygen atoms in total. The van der Waals surface area contributed by atoms with Crippen LogP contribution in [0.1, 0.15) is 146 Å². The Morgan fingerprint density at radius 2 is 1.57 bits per heavy atom. The van der Waals surface area contributed by atoms with Gasteiger partial charge in [-0.1, -0.05) is 103 Å². The molecule has 0 aliphatic heterocycles. The minimum Gasteiger partial charge on any atom is -0.373 e. The summed E-state index contributed by atoms with van der Waals surface area (Å²) in [6.45, 7) is 22.2. The number of nitrogens with two attached hydrogens (primary N) is 1. The van der Waals surface area contributed by atoms with Crippen molar-refractivity contribution in [3.05, 3.63) is 21.8 Å². The van der Waals surface area contributed by atoms with Gasteiger partial charge in [0.1, 0.15) is 0 Å². The van der Waals surface area contributed by atoms with Crippen LogP contribution in [-0.2, 0) is 4.79 Å². The first kappa shape index (κ1) is 41.2. The summed E-state index contributed by atoms with van der Waals surface area (Å²) in [6, 6.07) is 0.856. The molecule has 0 bridgehead atoms. The Balaban J connectivity index is 0.00000107. The summed E-state index contributed by atoms with van der Waals surface area (Å²) in [4.78, 5) is 11.1. The number of halogens is 2. The number of hydrogen-bond donors (Lipinski definition) is 4. The van der Waals surface area contributed by atoms with E-state index in [2.05, 4.69) is 64.4 Å². The number of allylic oxidation sites excluding steroid dienone is 3. The zero-order valence-corrected chi connectivity index (χ0v) is 30.5. The molecule has 2 fully saturated rings. The largest absolute Gasteiger partial charge is 0.373 e. The number of primary amides is 1. The van der Waals surface area contributed by atoms with Gasteiger partial charge >= 0.3 is 0 Å². The van der Waals surface area contributed by atoms with Crippen molar-refractivity contribution in [2.75, 3.05) is 6.54 Å². The maximum Gasteiger partial charge on any atom is 0.223 e. The first-order valence-corrected chi connectivity index (χ1v) is 17.8. The molecule has 0 saturated heterocycles. The van der Waals surface area contributed by atoms with Crippen LogP contribution in [0.25, 0.3) is 0 Å². The second-order valence-corrected chi connectivity index (χ2v) is 13.8. The van der Waals surface area contributed by atoms with Crippen LogP contribution in [0.5, 0.6) is 0 Å². The molecule has 42 heavy (non-hydrogen) atoms.